The van der Waals surface area contributed by atoms with Crippen molar-refractivity contribution in [2.24, 2.45) is 0 Å². The maximum absolute atomic E-state index is 12.7. The summed E-state index contributed by atoms with van der Waals surface area (Å²) in [4.78, 5) is 43.2. The Hall–Kier alpha value is -3.42. The van der Waals surface area contributed by atoms with E-state index in [0.29, 0.717) is 38.3 Å². The van der Waals surface area contributed by atoms with Crippen LogP contribution in [0.5, 0.6) is 5.75 Å². The Balaban J connectivity index is 1.60. The van der Waals surface area contributed by atoms with Crippen molar-refractivity contribution in [1.29, 1.82) is 0 Å². The van der Waals surface area contributed by atoms with E-state index in [9.17, 15) is 14.4 Å². The molecule has 8 nitrogen and oxygen atoms in total. The predicted octanol–water partition coefficient (Wildman–Crippen LogP) is 0.934. The molecule has 1 N–H and O–H groups in total. The number of rotatable bonds is 6. The average molecular weight is 382 g/mol. The maximum Gasteiger partial charge on any atom is 0.270 e. The van der Waals surface area contributed by atoms with Gasteiger partial charge in [0.1, 0.15) is 11.4 Å². The highest BCUT2D eigenvalue weighted by Crippen LogP contribution is 2.12. The van der Waals surface area contributed by atoms with Gasteiger partial charge in [-0.05, 0) is 29.8 Å². The molecular formula is C20H22N4O4. The quantitative estimate of drug-likeness (QED) is 0.751. The summed E-state index contributed by atoms with van der Waals surface area (Å²) in [5.41, 5.74) is 1.52. The van der Waals surface area contributed by atoms with E-state index >= 15 is 0 Å². The first kappa shape index (κ1) is 19.3. The average Bonchev–Trinajstić information content (AvgIpc) is 2.77. The highest BCUT2D eigenvalue weighted by Gasteiger charge is 2.22. The second kappa shape index (κ2) is 8.98. The van der Waals surface area contributed by atoms with Gasteiger partial charge in [-0.25, -0.2) is 0 Å². The molecule has 1 aromatic carbocycles. The number of carbonyl (C=O) groups is 3. The Kier molecular flexibility index (Phi) is 6.21. The van der Waals surface area contributed by atoms with Crippen LogP contribution in [0, 0.1) is 0 Å². The Morgan fingerprint density at radius 2 is 1.86 bits per heavy atom. The number of aromatic nitrogens is 1. The third-order valence-electron chi connectivity index (χ3n) is 4.60. The molecule has 1 saturated heterocycles. The van der Waals surface area contributed by atoms with Gasteiger partial charge in [0.05, 0.1) is 7.11 Å². The van der Waals surface area contributed by atoms with Crippen LogP contribution in [-0.4, -0.2) is 66.3 Å². The van der Waals surface area contributed by atoms with E-state index in [0.717, 1.165) is 17.7 Å². The number of pyridine rings is 1. The van der Waals surface area contributed by atoms with Crippen LogP contribution in [0.1, 0.15) is 26.4 Å². The van der Waals surface area contributed by atoms with E-state index in [-0.39, 0.29) is 17.5 Å². The number of hydrogen-bond donors (Lipinski definition) is 1. The first-order chi connectivity index (χ1) is 13.6. The molecule has 8 heteroatoms. The SMILES string of the molecule is COc1ccc(CNC(=O)c2cc(C(=O)N3CCN(C=O)CC3)ccn2)cc1. The fourth-order valence-electron chi connectivity index (χ4n) is 2.92. The molecule has 28 heavy (non-hydrogen) atoms. The fourth-order valence-corrected chi connectivity index (χ4v) is 2.92. The highest BCUT2D eigenvalue weighted by atomic mass is 16.5. The van der Waals surface area contributed by atoms with E-state index in [1.165, 1.54) is 12.3 Å². The van der Waals surface area contributed by atoms with Crippen LogP contribution in [0.3, 0.4) is 0 Å². The zero-order chi connectivity index (χ0) is 19.9. The summed E-state index contributed by atoms with van der Waals surface area (Å²) in [5.74, 6) is 0.227. The number of amides is 3. The lowest BCUT2D eigenvalue weighted by Crippen LogP contribution is -2.48. The number of nitrogens with zero attached hydrogens (tertiary/aromatic N) is 3. The molecule has 0 unspecified atom stereocenters. The van der Waals surface area contributed by atoms with Gasteiger partial charge in [0, 0.05) is 44.5 Å². The van der Waals surface area contributed by atoms with Crippen LogP contribution in [0.25, 0.3) is 0 Å². The number of piperazine rings is 1. The molecule has 146 valence electrons. The molecule has 0 atom stereocenters. The van der Waals surface area contributed by atoms with Crippen molar-refractivity contribution in [3.8, 4) is 5.75 Å². The molecule has 2 heterocycles. The lowest BCUT2D eigenvalue weighted by molar-refractivity contribution is -0.119. The van der Waals surface area contributed by atoms with Crippen LogP contribution in [0.2, 0.25) is 0 Å². The van der Waals surface area contributed by atoms with Gasteiger partial charge in [-0.15, -0.1) is 0 Å². The van der Waals surface area contributed by atoms with Crippen LogP contribution in [0.4, 0.5) is 0 Å². The van der Waals surface area contributed by atoms with Crippen LogP contribution in [0.15, 0.2) is 42.6 Å². The van der Waals surface area contributed by atoms with Crippen molar-refractivity contribution in [2.75, 3.05) is 33.3 Å². The van der Waals surface area contributed by atoms with Crippen LogP contribution >= 0.6 is 0 Å². The Labute approximate surface area is 163 Å². The lowest BCUT2D eigenvalue weighted by Gasteiger charge is -2.32. The summed E-state index contributed by atoms with van der Waals surface area (Å²) in [5, 5.41) is 2.80. The van der Waals surface area contributed by atoms with Gasteiger partial charge < -0.3 is 19.9 Å². The summed E-state index contributed by atoms with van der Waals surface area (Å²) < 4.78 is 5.11. The second-order valence-electron chi connectivity index (χ2n) is 6.39. The molecule has 0 bridgehead atoms. The van der Waals surface area contributed by atoms with Gasteiger partial charge in [-0.1, -0.05) is 12.1 Å². The van der Waals surface area contributed by atoms with Gasteiger partial charge in [0.25, 0.3) is 11.8 Å². The zero-order valence-corrected chi connectivity index (χ0v) is 15.6. The minimum absolute atomic E-state index is 0.169. The first-order valence-electron chi connectivity index (χ1n) is 8.96. The Morgan fingerprint density at radius 1 is 1.14 bits per heavy atom. The normalized spacial score (nSPS) is 13.8. The molecule has 0 aliphatic carbocycles. The van der Waals surface area contributed by atoms with E-state index in [1.54, 1.807) is 23.0 Å². The minimum atomic E-state index is -0.351. The summed E-state index contributed by atoms with van der Waals surface area (Å²) in [7, 11) is 1.60. The smallest absolute Gasteiger partial charge is 0.270 e. The number of ether oxygens (including phenoxy) is 1. The molecule has 0 spiro atoms. The van der Waals surface area contributed by atoms with Crippen molar-refractivity contribution in [3.63, 3.8) is 0 Å². The number of methoxy groups -OCH3 is 1. The third kappa shape index (κ3) is 4.64. The topological polar surface area (TPSA) is 91.8 Å². The lowest BCUT2D eigenvalue weighted by atomic mass is 10.1. The van der Waals surface area contributed by atoms with E-state index in [4.69, 9.17) is 4.74 Å². The molecule has 0 saturated carbocycles. The summed E-state index contributed by atoms with van der Waals surface area (Å²) >= 11 is 0. The number of benzene rings is 1. The van der Waals surface area contributed by atoms with Crippen molar-refractivity contribution in [1.82, 2.24) is 20.1 Å². The van der Waals surface area contributed by atoms with E-state index in [2.05, 4.69) is 10.3 Å². The predicted molar refractivity (Wildman–Crippen MR) is 102 cm³/mol. The molecule has 1 fully saturated rings. The molecular weight excluding hydrogens is 360 g/mol. The molecule has 1 aliphatic heterocycles. The minimum Gasteiger partial charge on any atom is -0.497 e. The monoisotopic (exact) mass is 382 g/mol. The number of carbonyl (C=O) groups excluding carboxylic acids is 3. The molecule has 0 radical (unpaired) electrons. The van der Waals surface area contributed by atoms with Gasteiger partial charge in [0.15, 0.2) is 0 Å². The van der Waals surface area contributed by atoms with Gasteiger partial charge in [-0.2, -0.15) is 0 Å². The maximum atomic E-state index is 12.7. The largest absolute Gasteiger partial charge is 0.497 e. The van der Waals surface area contributed by atoms with Crippen molar-refractivity contribution in [3.05, 3.63) is 59.4 Å². The number of hydrogen-bond acceptors (Lipinski definition) is 5. The summed E-state index contributed by atoms with van der Waals surface area (Å²) in [6, 6.07) is 10.5. The fraction of sp³-hybridized carbons (Fsp3) is 0.300. The van der Waals surface area contributed by atoms with Crippen molar-refractivity contribution in [2.45, 2.75) is 6.54 Å². The van der Waals surface area contributed by atoms with Crippen LogP contribution < -0.4 is 10.1 Å². The zero-order valence-electron chi connectivity index (χ0n) is 15.6. The molecule has 1 aliphatic rings. The Bertz CT molecular complexity index is 846. The Morgan fingerprint density at radius 3 is 2.50 bits per heavy atom. The third-order valence-corrected chi connectivity index (χ3v) is 4.60. The molecule has 2 aromatic rings. The molecule has 3 rings (SSSR count). The van der Waals surface area contributed by atoms with E-state index in [1.807, 2.05) is 24.3 Å². The number of nitrogens with one attached hydrogen (secondary N) is 1. The summed E-state index contributed by atoms with van der Waals surface area (Å²) in [6.07, 6.45) is 2.25. The first-order valence-corrected chi connectivity index (χ1v) is 8.96. The molecule has 1 aromatic heterocycles. The van der Waals surface area contributed by atoms with Gasteiger partial charge in [0.2, 0.25) is 6.41 Å². The van der Waals surface area contributed by atoms with E-state index < -0.39 is 0 Å². The summed E-state index contributed by atoms with van der Waals surface area (Å²) in [6.45, 7) is 2.30. The second-order valence-corrected chi connectivity index (χ2v) is 6.39. The van der Waals surface area contributed by atoms with Crippen molar-refractivity contribution < 1.29 is 19.1 Å². The highest BCUT2D eigenvalue weighted by molar-refractivity contribution is 5.98. The van der Waals surface area contributed by atoms with Crippen molar-refractivity contribution >= 4 is 18.2 Å². The van der Waals surface area contributed by atoms with Crippen LogP contribution in [-0.2, 0) is 11.3 Å². The molecule has 3 amide bonds. The standard InChI is InChI=1S/C20H22N4O4/c1-28-17-4-2-15(3-5-17)13-22-19(26)18-12-16(6-7-21-18)20(27)24-10-8-23(14-25)9-11-24/h2-7,12,14H,8-11,13H2,1H3,(H,22,26). The van der Waals surface area contributed by atoms with Gasteiger partial charge >= 0.3 is 0 Å². The van der Waals surface area contributed by atoms with Gasteiger partial charge in [-0.3, -0.25) is 19.4 Å².